The summed E-state index contributed by atoms with van der Waals surface area (Å²) in [6, 6.07) is 14.6. The Balaban J connectivity index is 1.57. The minimum Gasteiger partial charge on any atom is -0.477 e. The number of aryl methyl sites for hydroxylation is 1. The highest BCUT2D eigenvalue weighted by Gasteiger charge is 2.26. The number of pyridine rings is 1. The third kappa shape index (κ3) is 3.28. The van der Waals surface area contributed by atoms with Crippen molar-refractivity contribution >= 4 is 28.1 Å². The molecule has 0 radical (unpaired) electrons. The van der Waals surface area contributed by atoms with Crippen LogP contribution in [-0.2, 0) is 13.0 Å². The van der Waals surface area contributed by atoms with Crippen molar-refractivity contribution in [2.45, 2.75) is 39.2 Å². The van der Waals surface area contributed by atoms with Crippen LogP contribution in [0.5, 0.6) is 0 Å². The summed E-state index contributed by atoms with van der Waals surface area (Å²) in [6.45, 7) is 5.71. The molecule has 154 valence electrons. The molecule has 30 heavy (non-hydrogen) atoms. The minimum atomic E-state index is -0.950. The van der Waals surface area contributed by atoms with Crippen LogP contribution in [0, 0.1) is 6.92 Å². The zero-order valence-corrected chi connectivity index (χ0v) is 17.4. The lowest BCUT2D eigenvalue weighted by Crippen LogP contribution is -2.36. The Labute approximate surface area is 177 Å². The second-order valence-corrected chi connectivity index (χ2v) is 8.43. The van der Waals surface area contributed by atoms with Crippen LogP contribution in [0.2, 0.25) is 0 Å². The number of carboxylic acid groups (broad SMARTS) is 1. The molecule has 2 aromatic carbocycles. The molecular formula is C25H27N3O2. The molecule has 2 aliphatic rings. The summed E-state index contributed by atoms with van der Waals surface area (Å²) in [4.78, 5) is 21.1. The fraction of sp³-hybridized carbons (Fsp3) is 0.360. The Kier molecular flexibility index (Phi) is 4.81. The van der Waals surface area contributed by atoms with Gasteiger partial charge in [-0.15, -0.1) is 0 Å². The number of aromatic nitrogens is 1. The third-order valence-corrected chi connectivity index (χ3v) is 6.51. The van der Waals surface area contributed by atoms with E-state index in [1.165, 1.54) is 46.8 Å². The molecule has 1 aromatic heterocycles. The van der Waals surface area contributed by atoms with Gasteiger partial charge in [0.15, 0.2) is 5.69 Å². The average molecular weight is 402 g/mol. The molecule has 5 rings (SSSR count). The molecule has 3 aromatic rings. The van der Waals surface area contributed by atoms with Crippen molar-refractivity contribution < 1.29 is 9.90 Å². The number of fused-ring (bicyclic) bond motifs is 2. The van der Waals surface area contributed by atoms with Crippen molar-refractivity contribution in [3.8, 4) is 0 Å². The third-order valence-electron chi connectivity index (χ3n) is 6.51. The Bertz CT molecular complexity index is 1110. The zero-order valence-electron chi connectivity index (χ0n) is 17.4. The molecule has 0 spiro atoms. The first-order valence-electron chi connectivity index (χ1n) is 10.9. The fourth-order valence-corrected chi connectivity index (χ4v) is 5.02. The van der Waals surface area contributed by atoms with E-state index in [0.29, 0.717) is 6.54 Å². The van der Waals surface area contributed by atoms with Gasteiger partial charge in [0.25, 0.3) is 0 Å². The molecule has 1 N–H and O–H groups in total. The quantitative estimate of drug-likeness (QED) is 0.684. The van der Waals surface area contributed by atoms with Crippen LogP contribution in [0.25, 0.3) is 10.8 Å². The van der Waals surface area contributed by atoms with Crippen LogP contribution in [0.4, 0.5) is 11.4 Å². The first kappa shape index (κ1) is 18.9. The smallest absolute Gasteiger partial charge is 0.354 e. The predicted molar refractivity (Wildman–Crippen MR) is 121 cm³/mol. The van der Waals surface area contributed by atoms with Crippen LogP contribution >= 0.6 is 0 Å². The van der Waals surface area contributed by atoms with E-state index in [2.05, 4.69) is 58.1 Å². The van der Waals surface area contributed by atoms with Crippen molar-refractivity contribution in [2.24, 2.45) is 0 Å². The molecular weight excluding hydrogens is 374 g/mol. The molecule has 0 saturated carbocycles. The first-order chi connectivity index (χ1) is 14.6. The van der Waals surface area contributed by atoms with Crippen molar-refractivity contribution in [2.75, 3.05) is 29.4 Å². The average Bonchev–Trinajstić information content (AvgIpc) is 2.78. The maximum Gasteiger partial charge on any atom is 0.354 e. The predicted octanol–water partition coefficient (Wildman–Crippen LogP) is 4.79. The second kappa shape index (κ2) is 7.63. The molecule has 0 aliphatic carbocycles. The number of carboxylic acids is 1. The lowest BCUT2D eigenvalue weighted by molar-refractivity contribution is 0.0690. The summed E-state index contributed by atoms with van der Waals surface area (Å²) in [5, 5.41) is 12.2. The topological polar surface area (TPSA) is 56.7 Å². The number of hydrogen-bond acceptors (Lipinski definition) is 4. The van der Waals surface area contributed by atoms with Crippen LogP contribution in [-0.4, -0.2) is 35.7 Å². The molecule has 2 aliphatic heterocycles. The Morgan fingerprint density at radius 2 is 1.73 bits per heavy atom. The molecule has 5 nitrogen and oxygen atoms in total. The maximum absolute atomic E-state index is 11.8. The second-order valence-electron chi connectivity index (χ2n) is 8.43. The summed E-state index contributed by atoms with van der Waals surface area (Å²) in [6.07, 6.45) is 4.47. The molecule has 0 amide bonds. The normalized spacial score (nSPS) is 16.6. The van der Waals surface area contributed by atoms with Gasteiger partial charge >= 0.3 is 5.97 Å². The van der Waals surface area contributed by atoms with E-state index in [0.717, 1.165) is 37.4 Å². The van der Waals surface area contributed by atoms with E-state index >= 15 is 0 Å². The number of aromatic carboxylic acids is 1. The Morgan fingerprint density at radius 3 is 2.50 bits per heavy atom. The lowest BCUT2D eigenvalue weighted by Gasteiger charge is -2.36. The van der Waals surface area contributed by atoms with Gasteiger partial charge in [-0.2, -0.15) is 0 Å². The van der Waals surface area contributed by atoms with Gasteiger partial charge in [-0.05, 0) is 55.7 Å². The van der Waals surface area contributed by atoms with Gasteiger partial charge in [0.1, 0.15) is 0 Å². The zero-order chi connectivity index (χ0) is 20.7. The summed E-state index contributed by atoms with van der Waals surface area (Å²) in [7, 11) is 0. The molecule has 3 heterocycles. The summed E-state index contributed by atoms with van der Waals surface area (Å²) >= 11 is 0. The van der Waals surface area contributed by atoms with E-state index in [9.17, 15) is 9.90 Å². The van der Waals surface area contributed by atoms with Gasteiger partial charge in [-0.3, -0.25) is 0 Å². The van der Waals surface area contributed by atoms with E-state index in [4.69, 9.17) is 0 Å². The van der Waals surface area contributed by atoms with Gasteiger partial charge < -0.3 is 14.9 Å². The van der Waals surface area contributed by atoms with Crippen molar-refractivity contribution in [1.29, 1.82) is 0 Å². The van der Waals surface area contributed by atoms with Crippen molar-refractivity contribution in [3.63, 3.8) is 0 Å². The number of hydrogen-bond donors (Lipinski definition) is 1. The molecule has 1 saturated heterocycles. The molecule has 0 atom stereocenters. The van der Waals surface area contributed by atoms with Gasteiger partial charge in [0.05, 0.1) is 12.2 Å². The molecule has 5 heteroatoms. The lowest BCUT2D eigenvalue weighted by atomic mass is 9.97. The van der Waals surface area contributed by atoms with Gasteiger partial charge in [0.2, 0.25) is 0 Å². The summed E-state index contributed by atoms with van der Waals surface area (Å²) in [5.41, 5.74) is 5.85. The number of benzene rings is 2. The largest absolute Gasteiger partial charge is 0.477 e. The Hall–Kier alpha value is -3.08. The SMILES string of the molecule is Cc1cccc2cccc(N3CCc4c(N5CCCCC5)cc(C(=O)O)nc4C3)c12. The number of anilines is 2. The van der Waals surface area contributed by atoms with Gasteiger partial charge in [-0.1, -0.05) is 30.3 Å². The summed E-state index contributed by atoms with van der Waals surface area (Å²) in [5.74, 6) is -0.950. The van der Waals surface area contributed by atoms with Crippen LogP contribution < -0.4 is 9.80 Å². The highest BCUT2D eigenvalue weighted by atomic mass is 16.4. The number of nitrogens with zero attached hydrogens (tertiary/aromatic N) is 3. The summed E-state index contributed by atoms with van der Waals surface area (Å²) < 4.78 is 0. The van der Waals surface area contributed by atoms with Crippen LogP contribution in [0.15, 0.2) is 42.5 Å². The Morgan fingerprint density at radius 1 is 0.967 bits per heavy atom. The van der Waals surface area contributed by atoms with Gasteiger partial charge in [-0.25, -0.2) is 9.78 Å². The van der Waals surface area contributed by atoms with E-state index < -0.39 is 5.97 Å². The number of piperidine rings is 1. The fourth-order valence-electron chi connectivity index (χ4n) is 5.02. The number of carbonyl (C=O) groups is 1. The first-order valence-corrected chi connectivity index (χ1v) is 10.9. The van der Waals surface area contributed by atoms with E-state index in [1.54, 1.807) is 6.07 Å². The highest BCUT2D eigenvalue weighted by molar-refractivity contribution is 5.97. The standard InChI is InChI=1S/C25H27N3O2/c1-17-7-5-8-18-9-6-10-22(24(17)18)28-14-11-19-21(16-28)26-20(25(29)30)15-23(19)27-12-3-2-4-13-27/h5-10,15H,2-4,11-14,16H2,1H3,(H,29,30). The van der Waals surface area contributed by atoms with Crippen molar-refractivity contribution in [1.82, 2.24) is 4.98 Å². The van der Waals surface area contributed by atoms with Crippen LogP contribution in [0.3, 0.4) is 0 Å². The van der Waals surface area contributed by atoms with E-state index in [1.807, 2.05) is 0 Å². The van der Waals surface area contributed by atoms with E-state index in [-0.39, 0.29) is 5.69 Å². The molecule has 0 unspecified atom stereocenters. The maximum atomic E-state index is 11.8. The highest BCUT2D eigenvalue weighted by Crippen LogP contribution is 2.36. The minimum absolute atomic E-state index is 0.158. The number of rotatable bonds is 3. The van der Waals surface area contributed by atoms with Crippen molar-refractivity contribution in [3.05, 3.63) is 65.0 Å². The molecule has 0 bridgehead atoms. The van der Waals surface area contributed by atoms with Gasteiger partial charge in [0, 0.05) is 42.0 Å². The van der Waals surface area contributed by atoms with Crippen LogP contribution in [0.1, 0.15) is 46.6 Å². The molecule has 1 fully saturated rings. The monoisotopic (exact) mass is 401 g/mol.